The van der Waals surface area contributed by atoms with Crippen LogP contribution >= 0.6 is 10.7 Å². The second-order valence-corrected chi connectivity index (χ2v) is 5.66. The molecule has 0 radical (unpaired) electrons. The minimum Gasteiger partial charge on any atom is -0.462 e. The Morgan fingerprint density at radius 3 is 2.29 bits per heavy atom. The molecule has 0 aromatic rings. The van der Waals surface area contributed by atoms with E-state index in [0.29, 0.717) is 25.9 Å². The summed E-state index contributed by atoms with van der Waals surface area (Å²) in [6.45, 7) is 1.96. The average Bonchev–Trinajstić information content (AvgIpc) is 2.02. The summed E-state index contributed by atoms with van der Waals surface area (Å²) in [5, 5.41) is 0. The minimum absolute atomic E-state index is 0.179. The second kappa shape index (κ2) is 4.46. The topological polar surface area (TPSA) is 63.7 Å². The van der Waals surface area contributed by atoms with Gasteiger partial charge in [-0.2, -0.15) is 12.7 Å². The van der Waals surface area contributed by atoms with Gasteiger partial charge in [-0.25, -0.2) is 0 Å². The van der Waals surface area contributed by atoms with E-state index in [0.717, 1.165) is 0 Å². The Kier molecular flexibility index (Phi) is 3.74. The Hall–Kier alpha value is -0.330. The normalized spacial score (nSPS) is 20.7. The molecule has 0 aliphatic carbocycles. The highest BCUT2D eigenvalue weighted by atomic mass is 35.7. The molecule has 7 heteroatoms. The first-order chi connectivity index (χ1) is 6.39. The lowest BCUT2D eigenvalue weighted by molar-refractivity contribution is -0.147. The van der Waals surface area contributed by atoms with Crippen LogP contribution in [0.25, 0.3) is 0 Å². The van der Waals surface area contributed by atoms with Crippen molar-refractivity contribution < 1.29 is 17.9 Å². The average molecular weight is 242 g/mol. The van der Waals surface area contributed by atoms with Crippen LogP contribution in [0.3, 0.4) is 0 Å². The molecule has 0 aromatic carbocycles. The summed E-state index contributed by atoms with van der Waals surface area (Å²) in [4.78, 5) is 10.6. The largest absolute Gasteiger partial charge is 0.462 e. The molecular weight excluding hydrogens is 230 g/mol. The number of ether oxygens (including phenoxy) is 1. The third-order valence-electron chi connectivity index (χ3n) is 2.04. The van der Waals surface area contributed by atoms with Crippen LogP contribution < -0.4 is 0 Å². The predicted octanol–water partition coefficient (Wildman–Crippen LogP) is 0.497. The smallest absolute Gasteiger partial charge is 0.302 e. The molecule has 0 aromatic heterocycles. The Morgan fingerprint density at radius 1 is 1.43 bits per heavy atom. The van der Waals surface area contributed by atoms with Crippen molar-refractivity contribution in [1.29, 1.82) is 0 Å². The van der Waals surface area contributed by atoms with Crippen molar-refractivity contribution in [3.8, 4) is 0 Å². The third-order valence-corrected chi connectivity index (χ3v) is 3.61. The fourth-order valence-electron chi connectivity index (χ4n) is 1.40. The van der Waals surface area contributed by atoms with E-state index in [1.807, 2.05) is 0 Å². The van der Waals surface area contributed by atoms with Crippen molar-refractivity contribution in [2.75, 3.05) is 13.1 Å². The zero-order valence-corrected chi connectivity index (χ0v) is 9.34. The van der Waals surface area contributed by atoms with Gasteiger partial charge in [0, 0.05) is 30.7 Å². The summed E-state index contributed by atoms with van der Waals surface area (Å²) in [7, 11) is 1.54. The fraction of sp³-hybridized carbons (Fsp3) is 0.857. The van der Waals surface area contributed by atoms with Gasteiger partial charge >= 0.3 is 5.97 Å². The standard InChI is InChI=1S/C7H12ClNO4S/c1-6(10)13-7-2-4-9(5-3-7)14(8,11)12/h7H,2-5H2,1H3. The van der Waals surface area contributed by atoms with Crippen LogP contribution in [0, 0.1) is 0 Å². The minimum atomic E-state index is -3.61. The first-order valence-corrected chi connectivity index (χ1v) is 6.53. The van der Waals surface area contributed by atoms with Crippen molar-refractivity contribution in [2.45, 2.75) is 25.9 Å². The molecule has 0 unspecified atom stereocenters. The van der Waals surface area contributed by atoms with Crippen LogP contribution in [-0.4, -0.2) is 37.9 Å². The van der Waals surface area contributed by atoms with Gasteiger partial charge in [0.05, 0.1) is 0 Å². The SMILES string of the molecule is CC(=O)OC1CCN(S(=O)(=O)Cl)CC1. The van der Waals surface area contributed by atoms with Gasteiger partial charge in [-0.05, 0) is 12.8 Å². The maximum absolute atomic E-state index is 10.9. The van der Waals surface area contributed by atoms with Gasteiger partial charge in [-0.3, -0.25) is 4.79 Å². The molecule has 1 fully saturated rings. The Bertz CT molecular complexity index is 308. The quantitative estimate of drug-likeness (QED) is 0.522. The molecule has 0 saturated carbocycles. The number of piperidine rings is 1. The van der Waals surface area contributed by atoms with E-state index in [1.54, 1.807) is 0 Å². The lowest BCUT2D eigenvalue weighted by Gasteiger charge is -2.28. The van der Waals surface area contributed by atoms with Gasteiger partial charge in [0.15, 0.2) is 0 Å². The summed E-state index contributed by atoms with van der Waals surface area (Å²) >= 11 is 0. The van der Waals surface area contributed by atoms with E-state index in [9.17, 15) is 13.2 Å². The van der Waals surface area contributed by atoms with Crippen LogP contribution in [0.1, 0.15) is 19.8 Å². The molecule has 0 amide bonds. The van der Waals surface area contributed by atoms with E-state index >= 15 is 0 Å². The lowest BCUT2D eigenvalue weighted by atomic mass is 10.1. The summed E-state index contributed by atoms with van der Waals surface area (Å²) in [6, 6.07) is 0. The van der Waals surface area contributed by atoms with Gasteiger partial charge in [0.2, 0.25) is 0 Å². The highest BCUT2D eigenvalue weighted by Gasteiger charge is 2.27. The van der Waals surface area contributed by atoms with Crippen LogP contribution in [0.5, 0.6) is 0 Å². The molecule has 14 heavy (non-hydrogen) atoms. The van der Waals surface area contributed by atoms with Crippen LogP contribution in [0.4, 0.5) is 0 Å². The van der Waals surface area contributed by atoms with Crippen molar-refractivity contribution in [2.24, 2.45) is 0 Å². The maximum atomic E-state index is 10.9. The molecular formula is C7H12ClNO4S. The molecule has 1 saturated heterocycles. The Balaban J connectivity index is 2.43. The summed E-state index contributed by atoms with van der Waals surface area (Å²) in [6.07, 6.45) is 0.832. The van der Waals surface area contributed by atoms with Crippen molar-refractivity contribution >= 4 is 25.9 Å². The number of hydrogen-bond acceptors (Lipinski definition) is 4. The van der Waals surface area contributed by atoms with Crippen molar-refractivity contribution in [1.82, 2.24) is 4.31 Å². The maximum Gasteiger partial charge on any atom is 0.302 e. The molecule has 82 valence electrons. The number of rotatable bonds is 2. The summed E-state index contributed by atoms with van der Waals surface area (Å²) in [5.41, 5.74) is 0. The molecule has 0 N–H and O–H groups in total. The van der Waals surface area contributed by atoms with Gasteiger partial charge in [-0.1, -0.05) is 0 Å². The van der Waals surface area contributed by atoms with Crippen LogP contribution in [-0.2, 0) is 18.8 Å². The predicted molar refractivity (Wildman–Crippen MR) is 51.1 cm³/mol. The molecule has 1 aliphatic heterocycles. The summed E-state index contributed by atoms with van der Waals surface area (Å²) < 4.78 is 27.9. The number of nitrogens with zero attached hydrogens (tertiary/aromatic N) is 1. The molecule has 1 rings (SSSR count). The van der Waals surface area contributed by atoms with E-state index in [2.05, 4.69) is 0 Å². The molecule has 5 nitrogen and oxygen atoms in total. The monoisotopic (exact) mass is 241 g/mol. The first kappa shape index (κ1) is 11.7. The zero-order valence-electron chi connectivity index (χ0n) is 7.77. The van der Waals surface area contributed by atoms with Crippen molar-refractivity contribution in [3.63, 3.8) is 0 Å². The Labute approximate surface area is 87.5 Å². The number of carbonyl (C=O) groups excluding carboxylic acids is 1. The number of carbonyl (C=O) groups is 1. The van der Waals surface area contributed by atoms with Gasteiger partial charge in [-0.15, -0.1) is 0 Å². The fourth-order valence-corrected chi connectivity index (χ4v) is 2.46. The zero-order chi connectivity index (χ0) is 10.8. The van der Waals surface area contributed by atoms with Gasteiger partial charge < -0.3 is 4.74 Å². The summed E-state index contributed by atoms with van der Waals surface area (Å²) in [5.74, 6) is -0.336. The van der Waals surface area contributed by atoms with Gasteiger partial charge in [0.1, 0.15) is 6.10 Å². The number of esters is 1. The highest BCUT2D eigenvalue weighted by molar-refractivity contribution is 8.11. The van der Waals surface area contributed by atoms with Crippen molar-refractivity contribution in [3.05, 3.63) is 0 Å². The van der Waals surface area contributed by atoms with E-state index in [4.69, 9.17) is 15.4 Å². The number of halogens is 1. The highest BCUT2D eigenvalue weighted by Crippen LogP contribution is 2.18. The third kappa shape index (κ3) is 3.43. The molecule has 1 heterocycles. The molecule has 1 aliphatic rings. The molecule has 0 bridgehead atoms. The first-order valence-electron chi connectivity index (χ1n) is 4.26. The van der Waals surface area contributed by atoms with E-state index < -0.39 is 9.24 Å². The van der Waals surface area contributed by atoms with Crippen LogP contribution in [0.2, 0.25) is 0 Å². The Morgan fingerprint density at radius 2 is 1.93 bits per heavy atom. The van der Waals surface area contributed by atoms with Crippen LogP contribution in [0.15, 0.2) is 0 Å². The molecule has 0 spiro atoms. The second-order valence-electron chi connectivity index (χ2n) is 3.15. The number of hydrogen-bond donors (Lipinski definition) is 0. The van der Waals surface area contributed by atoms with E-state index in [1.165, 1.54) is 11.2 Å². The molecule has 0 atom stereocenters. The lowest BCUT2D eigenvalue weighted by Crippen LogP contribution is -2.39. The van der Waals surface area contributed by atoms with Gasteiger partial charge in [0.25, 0.3) is 9.24 Å². The van der Waals surface area contributed by atoms with E-state index in [-0.39, 0.29) is 12.1 Å².